The zero-order chi connectivity index (χ0) is 14.9. The van der Waals surface area contributed by atoms with Crippen LogP contribution in [0.4, 0.5) is 0 Å². The van der Waals surface area contributed by atoms with Gasteiger partial charge in [-0.25, -0.2) is 0 Å². The van der Waals surface area contributed by atoms with Crippen molar-refractivity contribution in [2.24, 2.45) is 5.92 Å². The van der Waals surface area contributed by atoms with E-state index < -0.39 is 0 Å². The van der Waals surface area contributed by atoms with E-state index in [1.807, 2.05) is 30.3 Å². The van der Waals surface area contributed by atoms with E-state index in [-0.39, 0.29) is 6.61 Å². The number of hydrogen-bond donors (Lipinski definition) is 1. The Morgan fingerprint density at radius 3 is 2.86 bits per heavy atom. The molecule has 1 aliphatic heterocycles. The van der Waals surface area contributed by atoms with Gasteiger partial charge in [0.05, 0.1) is 0 Å². The first kappa shape index (κ1) is 15.8. The fourth-order valence-corrected chi connectivity index (χ4v) is 2.65. The van der Waals surface area contributed by atoms with Gasteiger partial charge in [-0.15, -0.1) is 0 Å². The summed E-state index contributed by atoms with van der Waals surface area (Å²) in [6.45, 7) is 7.77. The standard InChI is InChI=1S/C17H25N3O/c1-15-6-10-20(11-7-15)12-9-19-14-16-4-2-3-5-17(16)21-13-8-18/h2-5,15,19H,6-7,9-14H2,1H3. The van der Waals surface area contributed by atoms with E-state index in [0.29, 0.717) is 0 Å². The lowest BCUT2D eigenvalue weighted by Gasteiger charge is -2.30. The Labute approximate surface area is 127 Å². The van der Waals surface area contributed by atoms with Crippen LogP contribution in [0.3, 0.4) is 0 Å². The summed E-state index contributed by atoms with van der Waals surface area (Å²) in [5.41, 5.74) is 1.11. The molecular weight excluding hydrogens is 262 g/mol. The molecule has 0 aliphatic carbocycles. The Balaban J connectivity index is 1.70. The lowest BCUT2D eigenvalue weighted by atomic mass is 9.99. The molecule has 1 aromatic carbocycles. The molecule has 114 valence electrons. The maximum atomic E-state index is 8.60. The molecule has 1 aliphatic rings. The van der Waals surface area contributed by atoms with Gasteiger partial charge in [0.15, 0.2) is 6.61 Å². The molecule has 4 heteroatoms. The first-order valence-corrected chi connectivity index (χ1v) is 7.80. The molecule has 1 aromatic rings. The number of ether oxygens (including phenoxy) is 1. The molecular formula is C17H25N3O. The minimum Gasteiger partial charge on any atom is -0.478 e. The first-order valence-electron chi connectivity index (χ1n) is 7.80. The minimum absolute atomic E-state index is 0.100. The first-order chi connectivity index (χ1) is 10.3. The van der Waals surface area contributed by atoms with Gasteiger partial charge in [-0.05, 0) is 37.9 Å². The van der Waals surface area contributed by atoms with Gasteiger partial charge in [0.2, 0.25) is 0 Å². The van der Waals surface area contributed by atoms with Crippen LogP contribution >= 0.6 is 0 Å². The van der Waals surface area contributed by atoms with Gasteiger partial charge in [-0.2, -0.15) is 5.26 Å². The monoisotopic (exact) mass is 287 g/mol. The molecule has 1 heterocycles. The average Bonchev–Trinajstić information content (AvgIpc) is 2.52. The summed E-state index contributed by atoms with van der Waals surface area (Å²) in [4.78, 5) is 2.53. The predicted octanol–water partition coefficient (Wildman–Crippen LogP) is 2.41. The Kier molecular flexibility index (Phi) is 6.52. The maximum absolute atomic E-state index is 8.60. The van der Waals surface area contributed by atoms with E-state index >= 15 is 0 Å². The number of nitrogens with zero attached hydrogens (tertiary/aromatic N) is 2. The highest BCUT2D eigenvalue weighted by atomic mass is 16.5. The molecule has 0 saturated carbocycles. The van der Waals surface area contributed by atoms with Crippen molar-refractivity contribution in [3.8, 4) is 11.8 Å². The number of nitrogens with one attached hydrogen (secondary N) is 1. The highest BCUT2D eigenvalue weighted by Gasteiger charge is 2.14. The van der Waals surface area contributed by atoms with Crippen LogP contribution in [-0.4, -0.2) is 37.7 Å². The van der Waals surface area contributed by atoms with E-state index in [9.17, 15) is 0 Å². The number of piperidine rings is 1. The molecule has 0 amide bonds. The van der Waals surface area contributed by atoms with Crippen LogP contribution in [0, 0.1) is 17.2 Å². The Morgan fingerprint density at radius 1 is 1.33 bits per heavy atom. The fraction of sp³-hybridized carbons (Fsp3) is 0.588. The normalized spacial score (nSPS) is 16.6. The van der Waals surface area contributed by atoms with Gasteiger partial charge >= 0.3 is 0 Å². The van der Waals surface area contributed by atoms with Crippen molar-refractivity contribution < 1.29 is 4.74 Å². The molecule has 21 heavy (non-hydrogen) atoms. The Hall–Kier alpha value is -1.57. The van der Waals surface area contributed by atoms with Crippen molar-refractivity contribution >= 4 is 0 Å². The quantitative estimate of drug-likeness (QED) is 0.782. The number of hydrogen-bond acceptors (Lipinski definition) is 4. The zero-order valence-corrected chi connectivity index (χ0v) is 12.8. The molecule has 1 saturated heterocycles. The van der Waals surface area contributed by atoms with Gasteiger partial charge in [-0.3, -0.25) is 0 Å². The van der Waals surface area contributed by atoms with Crippen LogP contribution in [-0.2, 0) is 6.54 Å². The molecule has 1 fully saturated rings. The van der Waals surface area contributed by atoms with Crippen LogP contribution in [0.25, 0.3) is 0 Å². The predicted molar refractivity (Wildman–Crippen MR) is 84.1 cm³/mol. The molecule has 1 N–H and O–H groups in total. The summed E-state index contributed by atoms with van der Waals surface area (Å²) in [5.74, 6) is 1.69. The third-order valence-corrected chi connectivity index (χ3v) is 4.06. The van der Waals surface area contributed by atoms with Gasteiger partial charge in [-0.1, -0.05) is 25.1 Å². The second-order valence-electron chi connectivity index (χ2n) is 5.76. The van der Waals surface area contributed by atoms with Crippen molar-refractivity contribution in [3.05, 3.63) is 29.8 Å². The van der Waals surface area contributed by atoms with Crippen molar-refractivity contribution in [2.75, 3.05) is 32.8 Å². The van der Waals surface area contributed by atoms with Gasteiger partial charge in [0.25, 0.3) is 0 Å². The van der Waals surface area contributed by atoms with Crippen LogP contribution in [0.15, 0.2) is 24.3 Å². The summed E-state index contributed by atoms with van der Waals surface area (Å²) in [6, 6.07) is 9.91. The second-order valence-corrected chi connectivity index (χ2v) is 5.76. The van der Waals surface area contributed by atoms with E-state index in [1.165, 1.54) is 25.9 Å². The lowest BCUT2D eigenvalue weighted by molar-refractivity contribution is 0.193. The smallest absolute Gasteiger partial charge is 0.174 e. The average molecular weight is 287 g/mol. The highest BCUT2D eigenvalue weighted by molar-refractivity contribution is 5.33. The van der Waals surface area contributed by atoms with Crippen LogP contribution in [0.2, 0.25) is 0 Å². The topological polar surface area (TPSA) is 48.3 Å². The number of para-hydroxylation sites is 1. The summed E-state index contributed by atoms with van der Waals surface area (Å²) in [7, 11) is 0. The third kappa shape index (κ3) is 5.37. The molecule has 0 atom stereocenters. The fourth-order valence-electron chi connectivity index (χ4n) is 2.65. The summed E-state index contributed by atoms with van der Waals surface area (Å²) < 4.78 is 5.43. The Morgan fingerprint density at radius 2 is 2.10 bits per heavy atom. The number of likely N-dealkylation sites (tertiary alicyclic amines) is 1. The minimum atomic E-state index is 0.100. The molecule has 0 spiro atoms. The molecule has 0 radical (unpaired) electrons. The number of rotatable bonds is 7. The van der Waals surface area contributed by atoms with Crippen LogP contribution in [0.1, 0.15) is 25.3 Å². The summed E-state index contributed by atoms with van der Waals surface area (Å²) in [5, 5.41) is 12.1. The van der Waals surface area contributed by atoms with Crippen molar-refractivity contribution in [3.63, 3.8) is 0 Å². The van der Waals surface area contributed by atoms with Crippen molar-refractivity contribution in [2.45, 2.75) is 26.3 Å². The van der Waals surface area contributed by atoms with E-state index in [4.69, 9.17) is 10.00 Å². The SMILES string of the molecule is CC1CCN(CCNCc2ccccc2OCC#N)CC1. The Bertz CT molecular complexity index is 461. The molecule has 2 rings (SSSR count). The van der Waals surface area contributed by atoms with Gasteiger partial charge in [0, 0.05) is 25.2 Å². The van der Waals surface area contributed by atoms with Crippen LogP contribution in [0.5, 0.6) is 5.75 Å². The van der Waals surface area contributed by atoms with Gasteiger partial charge in [0.1, 0.15) is 11.8 Å². The highest BCUT2D eigenvalue weighted by Crippen LogP contribution is 2.18. The second kappa shape index (κ2) is 8.66. The number of benzene rings is 1. The molecule has 0 aromatic heterocycles. The lowest BCUT2D eigenvalue weighted by Crippen LogP contribution is -2.37. The molecule has 0 bridgehead atoms. The number of nitriles is 1. The third-order valence-electron chi connectivity index (χ3n) is 4.06. The zero-order valence-electron chi connectivity index (χ0n) is 12.8. The largest absolute Gasteiger partial charge is 0.478 e. The summed E-state index contributed by atoms with van der Waals surface area (Å²) in [6.07, 6.45) is 2.65. The van der Waals surface area contributed by atoms with Crippen molar-refractivity contribution in [1.82, 2.24) is 10.2 Å². The van der Waals surface area contributed by atoms with E-state index in [1.54, 1.807) is 0 Å². The van der Waals surface area contributed by atoms with E-state index in [0.717, 1.165) is 36.9 Å². The molecule has 4 nitrogen and oxygen atoms in total. The van der Waals surface area contributed by atoms with Crippen LogP contribution < -0.4 is 10.1 Å². The molecule has 0 unspecified atom stereocenters. The van der Waals surface area contributed by atoms with E-state index in [2.05, 4.69) is 17.1 Å². The van der Waals surface area contributed by atoms with Gasteiger partial charge < -0.3 is 15.0 Å². The maximum Gasteiger partial charge on any atom is 0.174 e. The van der Waals surface area contributed by atoms with Crippen molar-refractivity contribution in [1.29, 1.82) is 5.26 Å². The summed E-state index contributed by atoms with van der Waals surface area (Å²) >= 11 is 0.